The van der Waals surface area contributed by atoms with Crippen molar-refractivity contribution in [3.05, 3.63) is 29.3 Å². The Morgan fingerprint density at radius 2 is 2.10 bits per heavy atom. The quantitative estimate of drug-likeness (QED) is 0.651. The van der Waals surface area contributed by atoms with Gasteiger partial charge in [-0.2, -0.15) is 0 Å². The minimum atomic E-state index is 0.402. The zero-order valence-corrected chi connectivity index (χ0v) is 12.8. The van der Waals surface area contributed by atoms with Gasteiger partial charge in [0.15, 0.2) is 28.8 Å². The van der Waals surface area contributed by atoms with Crippen LogP contribution in [-0.4, -0.2) is 31.2 Å². The average molecular weight is 384 g/mol. The summed E-state index contributed by atoms with van der Waals surface area (Å²) in [7, 11) is 0. The Labute approximate surface area is 130 Å². The molecule has 0 spiro atoms. The van der Waals surface area contributed by atoms with Gasteiger partial charge in [0.2, 0.25) is 0 Å². The van der Waals surface area contributed by atoms with Gasteiger partial charge in [-0.05, 0) is 23.4 Å². The summed E-state index contributed by atoms with van der Waals surface area (Å²) in [6.07, 6.45) is 1.74. The molecule has 1 saturated heterocycles. The highest BCUT2D eigenvalue weighted by Crippen LogP contribution is 2.38. The highest BCUT2D eigenvalue weighted by atomic mass is 127. The molecule has 1 aliphatic rings. The van der Waals surface area contributed by atoms with Crippen LogP contribution in [0.5, 0.6) is 5.75 Å². The fraction of sp³-hybridized carbons (Fsp3) is 0.308. The van der Waals surface area contributed by atoms with Gasteiger partial charge in [0.1, 0.15) is 11.2 Å². The fourth-order valence-corrected chi connectivity index (χ4v) is 2.87. The number of fused-ring (bicyclic) bond motifs is 1. The second kappa shape index (κ2) is 5.88. The molecule has 0 atom stereocenters. The monoisotopic (exact) mass is 384 g/mol. The Morgan fingerprint density at radius 1 is 1.30 bits per heavy atom. The molecule has 0 aliphatic carbocycles. The van der Waals surface area contributed by atoms with E-state index in [0.717, 1.165) is 37.3 Å². The minimum Gasteiger partial charge on any atom is -0.425 e. The topological polar surface area (TPSA) is 66.8 Å². The lowest BCUT2D eigenvalue weighted by Gasteiger charge is -2.30. The van der Waals surface area contributed by atoms with Gasteiger partial charge in [-0.15, -0.1) is 4.91 Å². The van der Waals surface area contributed by atoms with E-state index in [1.54, 1.807) is 18.3 Å². The van der Waals surface area contributed by atoms with Crippen LogP contribution in [-0.2, 0) is 0 Å². The first kappa shape index (κ1) is 13.5. The van der Waals surface area contributed by atoms with Crippen molar-refractivity contribution in [3.8, 4) is 5.75 Å². The summed E-state index contributed by atoms with van der Waals surface area (Å²) >= 11 is 1.82. The number of nitroso groups, excluding NO2 is 1. The highest BCUT2D eigenvalue weighted by molar-refractivity contribution is 14.1. The molecule has 3 rings (SSSR count). The predicted octanol–water partition coefficient (Wildman–Crippen LogP) is 2.77. The number of halogens is 1. The number of pyridine rings is 1. The first-order valence-corrected chi connectivity index (χ1v) is 7.22. The molecule has 6 nitrogen and oxygen atoms in total. The van der Waals surface area contributed by atoms with Gasteiger partial charge in [0.25, 0.3) is 0 Å². The standard InChI is InChI=1S/C13H13IN4O2/c14-20-11-2-1-9(17-19)12-10(3-4-16-13(11)12)18-7-5-15-6-8-18/h1-4,15H,5-8H2. The van der Waals surface area contributed by atoms with E-state index in [0.29, 0.717) is 17.0 Å². The van der Waals surface area contributed by atoms with Crippen molar-refractivity contribution in [2.24, 2.45) is 5.18 Å². The van der Waals surface area contributed by atoms with Gasteiger partial charge in [0.05, 0.1) is 11.1 Å². The Balaban J connectivity index is 2.23. The van der Waals surface area contributed by atoms with Crippen molar-refractivity contribution in [3.63, 3.8) is 0 Å². The van der Waals surface area contributed by atoms with Crippen molar-refractivity contribution < 1.29 is 3.07 Å². The molecule has 104 valence electrons. The number of hydrogen-bond donors (Lipinski definition) is 1. The molecule has 0 radical (unpaired) electrons. The average Bonchev–Trinajstić information content (AvgIpc) is 2.54. The molecular formula is C13H13IN4O2. The molecule has 1 aromatic heterocycles. The summed E-state index contributed by atoms with van der Waals surface area (Å²) in [5, 5.41) is 7.22. The molecular weight excluding hydrogens is 371 g/mol. The Hall–Kier alpha value is -1.48. The first-order valence-electron chi connectivity index (χ1n) is 6.34. The number of anilines is 1. The Bertz CT molecular complexity index is 644. The second-order valence-corrected chi connectivity index (χ2v) is 4.98. The van der Waals surface area contributed by atoms with Gasteiger partial charge in [0, 0.05) is 32.4 Å². The van der Waals surface area contributed by atoms with Crippen LogP contribution in [0.1, 0.15) is 0 Å². The normalized spacial score (nSPS) is 15.3. The number of nitrogens with zero attached hydrogens (tertiary/aromatic N) is 3. The zero-order valence-electron chi connectivity index (χ0n) is 10.7. The van der Waals surface area contributed by atoms with E-state index in [1.807, 2.05) is 29.1 Å². The number of nitrogens with one attached hydrogen (secondary N) is 1. The maximum absolute atomic E-state index is 11.1. The molecule has 2 heterocycles. The van der Waals surface area contributed by atoms with Crippen LogP contribution in [0.4, 0.5) is 11.4 Å². The van der Waals surface area contributed by atoms with Crippen LogP contribution in [0, 0.1) is 4.91 Å². The summed E-state index contributed by atoms with van der Waals surface area (Å²) in [6.45, 7) is 3.64. The lowest BCUT2D eigenvalue weighted by atomic mass is 10.1. The maximum atomic E-state index is 11.1. The molecule has 0 amide bonds. The largest absolute Gasteiger partial charge is 0.425 e. The third-order valence-electron chi connectivity index (χ3n) is 3.45. The molecule has 1 aromatic carbocycles. The van der Waals surface area contributed by atoms with E-state index in [4.69, 9.17) is 3.07 Å². The van der Waals surface area contributed by atoms with Gasteiger partial charge in [-0.3, -0.25) is 4.98 Å². The molecule has 0 bridgehead atoms. The van der Waals surface area contributed by atoms with Gasteiger partial charge in [-0.1, -0.05) is 0 Å². The molecule has 0 unspecified atom stereocenters. The van der Waals surface area contributed by atoms with Gasteiger partial charge < -0.3 is 13.3 Å². The number of aromatic nitrogens is 1. The Kier molecular flexibility index (Phi) is 3.97. The highest BCUT2D eigenvalue weighted by Gasteiger charge is 2.18. The van der Waals surface area contributed by atoms with Gasteiger partial charge in [-0.25, -0.2) is 0 Å². The van der Waals surface area contributed by atoms with E-state index in [-0.39, 0.29) is 0 Å². The number of hydrogen-bond acceptors (Lipinski definition) is 6. The van der Waals surface area contributed by atoms with E-state index >= 15 is 0 Å². The van der Waals surface area contributed by atoms with Crippen LogP contribution in [0.25, 0.3) is 10.9 Å². The van der Waals surface area contributed by atoms with E-state index < -0.39 is 0 Å². The summed E-state index contributed by atoms with van der Waals surface area (Å²) in [6, 6.07) is 5.33. The fourth-order valence-electron chi connectivity index (χ4n) is 2.52. The third-order valence-corrected chi connectivity index (χ3v) is 3.92. The summed E-state index contributed by atoms with van der Waals surface area (Å²) in [4.78, 5) is 17.7. The molecule has 1 aliphatic heterocycles. The number of piperazine rings is 1. The van der Waals surface area contributed by atoms with E-state index in [9.17, 15) is 4.91 Å². The van der Waals surface area contributed by atoms with Crippen molar-refractivity contribution in [1.82, 2.24) is 10.3 Å². The molecule has 1 fully saturated rings. The summed E-state index contributed by atoms with van der Waals surface area (Å²) < 4.78 is 5.30. The predicted molar refractivity (Wildman–Crippen MR) is 86.9 cm³/mol. The van der Waals surface area contributed by atoms with Gasteiger partial charge >= 0.3 is 0 Å². The minimum absolute atomic E-state index is 0.402. The summed E-state index contributed by atoms with van der Waals surface area (Å²) in [5.41, 5.74) is 2.06. The van der Waals surface area contributed by atoms with Crippen LogP contribution in [0.2, 0.25) is 0 Å². The lowest BCUT2D eigenvalue weighted by molar-refractivity contribution is 0.590. The molecule has 1 N–H and O–H groups in total. The zero-order chi connectivity index (χ0) is 13.9. The van der Waals surface area contributed by atoms with Crippen LogP contribution >= 0.6 is 23.0 Å². The second-order valence-electron chi connectivity index (χ2n) is 4.54. The smallest absolute Gasteiger partial charge is 0.192 e. The molecule has 0 saturated carbocycles. The first-order chi connectivity index (χ1) is 9.85. The number of benzene rings is 1. The molecule has 7 heteroatoms. The SMILES string of the molecule is O=Nc1ccc(OI)c2nccc(N3CCNCC3)c12. The van der Waals surface area contributed by atoms with Crippen molar-refractivity contribution in [1.29, 1.82) is 0 Å². The van der Waals surface area contributed by atoms with E-state index in [2.05, 4.69) is 20.4 Å². The van der Waals surface area contributed by atoms with E-state index in [1.165, 1.54) is 0 Å². The number of rotatable bonds is 3. The van der Waals surface area contributed by atoms with Crippen molar-refractivity contribution >= 4 is 45.3 Å². The molecule has 20 heavy (non-hydrogen) atoms. The van der Waals surface area contributed by atoms with Crippen LogP contribution in [0.15, 0.2) is 29.6 Å². The Morgan fingerprint density at radius 3 is 2.80 bits per heavy atom. The van der Waals surface area contributed by atoms with Crippen molar-refractivity contribution in [2.75, 3.05) is 31.1 Å². The molecule has 2 aromatic rings. The van der Waals surface area contributed by atoms with Crippen LogP contribution in [0.3, 0.4) is 0 Å². The van der Waals surface area contributed by atoms with Crippen LogP contribution < -0.4 is 13.3 Å². The maximum Gasteiger partial charge on any atom is 0.192 e. The van der Waals surface area contributed by atoms with Crippen molar-refractivity contribution in [2.45, 2.75) is 0 Å². The summed E-state index contributed by atoms with van der Waals surface area (Å²) in [5.74, 6) is 0.644. The third kappa shape index (κ3) is 2.31. The lowest BCUT2D eigenvalue weighted by Crippen LogP contribution is -2.43.